The minimum Gasteiger partial charge on any atom is -0.408 e. The lowest BCUT2D eigenvalue weighted by Crippen LogP contribution is -2.54. The van der Waals surface area contributed by atoms with Gasteiger partial charge in [0, 0.05) is 6.42 Å². The molecule has 0 spiro atoms. The standard InChI is InChI=1S/C25H34O5Si/c1-24(2,3)31-30-25(18-10-6-4-7-11-18,19-12-8-5-9-13-19)23-22(28)15-14-21(29-23)16-20(27)17-26/h4-15,20-23,26-28H,16-17,31H2,1-3H3/t20?,21-,22-,23+/m0/s1. The molecule has 0 aromatic heterocycles. The van der Waals surface area contributed by atoms with Crippen LogP contribution in [0.2, 0.25) is 5.04 Å². The molecular weight excluding hydrogens is 408 g/mol. The van der Waals surface area contributed by atoms with Gasteiger partial charge in [-0.05, 0) is 16.2 Å². The molecule has 1 aliphatic heterocycles. The molecule has 0 aliphatic carbocycles. The Balaban J connectivity index is 2.13. The van der Waals surface area contributed by atoms with E-state index in [0.29, 0.717) is 0 Å². The van der Waals surface area contributed by atoms with Crippen molar-refractivity contribution in [3.05, 3.63) is 83.9 Å². The number of aliphatic hydroxyl groups is 3. The van der Waals surface area contributed by atoms with Gasteiger partial charge in [-0.2, -0.15) is 0 Å². The van der Waals surface area contributed by atoms with E-state index in [1.807, 2.05) is 60.7 Å². The molecule has 6 heteroatoms. The highest BCUT2D eigenvalue weighted by Crippen LogP contribution is 2.43. The molecule has 3 rings (SSSR count). The zero-order chi connectivity index (χ0) is 22.5. The third-order valence-electron chi connectivity index (χ3n) is 5.41. The smallest absolute Gasteiger partial charge is 0.168 e. The monoisotopic (exact) mass is 442 g/mol. The molecule has 0 amide bonds. The maximum Gasteiger partial charge on any atom is 0.168 e. The van der Waals surface area contributed by atoms with Gasteiger partial charge in [-0.1, -0.05) is 93.6 Å². The molecular formula is C25H34O5Si. The highest BCUT2D eigenvalue weighted by atomic mass is 28.2. The summed E-state index contributed by atoms with van der Waals surface area (Å²) in [5.41, 5.74) is 0.826. The van der Waals surface area contributed by atoms with Crippen LogP contribution in [0.15, 0.2) is 72.8 Å². The Morgan fingerprint density at radius 1 is 0.968 bits per heavy atom. The molecule has 0 saturated carbocycles. The zero-order valence-electron chi connectivity index (χ0n) is 18.5. The van der Waals surface area contributed by atoms with Gasteiger partial charge < -0.3 is 24.5 Å². The summed E-state index contributed by atoms with van der Waals surface area (Å²) in [5, 5.41) is 30.3. The van der Waals surface area contributed by atoms with E-state index in [4.69, 9.17) is 9.16 Å². The van der Waals surface area contributed by atoms with Crippen molar-refractivity contribution in [3.8, 4) is 0 Å². The van der Waals surface area contributed by atoms with Crippen molar-refractivity contribution in [2.75, 3.05) is 6.61 Å². The Kier molecular flexibility index (Phi) is 7.86. The van der Waals surface area contributed by atoms with Crippen LogP contribution < -0.4 is 0 Å². The second-order valence-corrected chi connectivity index (χ2v) is 12.1. The predicted octanol–water partition coefficient (Wildman–Crippen LogP) is 2.68. The molecule has 1 unspecified atom stereocenters. The lowest BCUT2D eigenvalue weighted by Gasteiger charge is -2.46. The number of benzene rings is 2. The van der Waals surface area contributed by atoms with E-state index in [2.05, 4.69) is 20.8 Å². The summed E-state index contributed by atoms with van der Waals surface area (Å²) in [6.07, 6.45) is 0.769. The fraction of sp³-hybridized carbons (Fsp3) is 0.440. The Hall–Kier alpha value is -1.80. The van der Waals surface area contributed by atoms with Crippen LogP contribution >= 0.6 is 0 Å². The van der Waals surface area contributed by atoms with Gasteiger partial charge in [-0.25, -0.2) is 0 Å². The molecule has 1 aliphatic rings. The summed E-state index contributed by atoms with van der Waals surface area (Å²) < 4.78 is 13.3. The fourth-order valence-corrected chi connectivity index (χ4v) is 5.07. The van der Waals surface area contributed by atoms with E-state index in [0.717, 1.165) is 11.1 Å². The first-order chi connectivity index (χ1) is 14.8. The fourth-order valence-electron chi connectivity index (χ4n) is 3.91. The number of hydrogen-bond donors (Lipinski definition) is 3. The molecule has 3 N–H and O–H groups in total. The summed E-state index contributed by atoms with van der Waals surface area (Å²) in [5.74, 6) is 0. The van der Waals surface area contributed by atoms with Gasteiger partial charge in [0.2, 0.25) is 0 Å². The van der Waals surface area contributed by atoms with Gasteiger partial charge in [0.1, 0.15) is 17.8 Å². The van der Waals surface area contributed by atoms with E-state index >= 15 is 0 Å². The van der Waals surface area contributed by atoms with Gasteiger partial charge >= 0.3 is 0 Å². The van der Waals surface area contributed by atoms with Crippen LogP contribution in [0.25, 0.3) is 0 Å². The van der Waals surface area contributed by atoms with Crippen molar-refractivity contribution in [3.63, 3.8) is 0 Å². The van der Waals surface area contributed by atoms with E-state index in [9.17, 15) is 15.3 Å². The predicted molar refractivity (Wildman–Crippen MR) is 125 cm³/mol. The summed E-state index contributed by atoms with van der Waals surface area (Å²) in [7, 11) is -1.06. The van der Waals surface area contributed by atoms with Gasteiger partial charge in [0.05, 0.1) is 18.8 Å². The summed E-state index contributed by atoms with van der Waals surface area (Å²) in [4.78, 5) is 0. The lowest BCUT2D eigenvalue weighted by atomic mass is 9.78. The van der Waals surface area contributed by atoms with Crippen molar-refractivity contribution < 1.29 is 24.5 Å². The van der Waals surface area contributed by atoms with Crippen molar-refractivity contribution in [2.45, 2.75) is 62.2 Å². The van der Waals surface area contributed by atoms with Crippen molar-refractivity contribution in [1.82, 2.24) is 0 Å². The average Bonchev–Trinajstić information content (AvgIpc) is 2.77. The van der Waals surface area contributed by atoms with Crippen LogP contribution in [-0.4, -0.2) is 56.1 Å². The number of hydrogen-bond acceptors (Lipinski definition) is 5. The van der Waals surface area contributed by atoms with Gasteiger partial charge in [-0.3, -0.25) is 0 Å². The molecule has 0 bridgehead atoms. The molecule has 5 nitrogen and oxygen atoms in total. The van der Waals surface area contributed by atoms with Crippen molar-refractivity contribution >= 4 is 9.76 Å². The topological polar surface area (TPSA) is 79.2 Å². The lowest BCUT2D eigenvalue weighted by molar-refractivity contribution is -0.148. The van der Waals surface area contributed by atoms with E-state index in [-0.39, 0.29) is 18.1 Å². The molecule has 4 atom stereocenters. The van der Waals surface area contributed by atoms with Crippen LogP contribution in [0, 0.1) is 0 Å². The number of ether oxygens (including phenoxy) is 1. The summed E-state index contributed by atoms with van der Waals surface area (Å²) in [6.45, 7) is 6.16. The van der Waals surface area contributed by atoms with Gasteiger partial charge in [0.15, 0.2) is 9.76 Å². The molecule has 168 valence electrons. The second-order valence-electron chi connectivity index (χ2n) is 9.36. The normalized spacial score (nSPS) is 23.4. The minimum absolute atomic E-state index is 0.0246. The SMILES string of the molecule is CC(C)(C)[SiH2]OC(c1ccccc1)(c1ccccc1)[C@@H]1O[C@H](CC(O)CO)C=C[C@@H]1O. The van der Waals surface area contributed by atoms with Crippen LogP contribution in [0.3, 0.4) is 0 Å². The Morgan fingerprint density at radius 2 is 1.52 bits per heavy atom. The van der Waals surface area contributed by atoms with Crippen molar-refractivity contribution in [2.24, 2.45) is 0 Å². The molecule has 31 heavy (non-hydrogen) atoms. The highest BCUT2D eigenvalue weighted by molar-refractivity contribution is 6.32. The second kappa shape index (κ2) is 10.2. The van der Waals surface area contributed by atoms with Crippen LogP contribution in [0.5, 0.6) is 0 Å². The zero-order valence-corrected chi connectivity index (χ0v) is 19.9. The van der Waals surface area contributed by atoms with E-state index in [1.165, 1.54) is 0 Å². The Morgan fingerprint density at radius 3 is 2.00 bits per heavy atom. The van der Waals surface area contributed by atoms with Gasteiger partial charge in [-0.15, -0.1) is 0 Å². The Bertz CT molecular complexity index is 794. The van der Waals surface area contributed by atoms with Crippen LogP contribution in [-0.2, 0) is 14.8 Å². The largest absolute Gasteiger partial charge is 0.408 e. The highest BCUT2D eigenvalue weighted by Gasteiger charge is 2.49. The van der Waals surface area contributed by atoms with Crippen molar-refractivity contribution in [1.29, 1.82) is 0 Å². The molecule has 1 heterocycles. The molecule has 0 fully saturated rings. The van der Waals surface area contributed by atoms with Crippen LogP contribution in [0.4, 0.5) is 0 Å². The molecule has 0 radical (unpaired) electrons. The maximum atomic E-state index is 11.1. The van der Waals surface area contributed by atoms with E-state index in [1.54, 1.807) is 12.2 Å². The number of aliphatic hydroxyl groups excluding tert-OH is 3. The van der Waals surface area contributed by atoms with E-state index < -0.39 is 39.8 Å². The quantitative estimate of drug-likeness (QED) is 0.433. The Labute approximate surface area is 187 Å². The molecule has 2 aromatic rings. The molecule has 2 aromatic carbocycles. The third-order valence-corrected chi connectivity index (χ3v) is 6.87. The third kappa shape index (κ3) is 5.71. The average molecular weight is 443 g/mol. The summed E-state index contributed by atoms with van der Waals surface area (Å²) >= 11 is 0. The van der Waals surface area contributed by atoms with Crippen LogP contribution in [0.1, 0.15) is 38.3 Å². The first-order valence-electron chi connectivity index (χ1n) is 10.8. The van der Waals surface area contributed by atoms with Gasteiger partial charge in [0.25, 0.3) is 0 Å². The summed E-state index contributed by atoms with van der Waals surface area (Å²) in [6, 6.07) is 19.8. The minimum atomic E-state index is -1.06. The molecule has 0 saturated heterocycles. The maximum absolute atomic E-state index is 11.1. The number of rotatable bonds is 8. The first-order valence-corrected chi connectivity index (χ1v) is 12.1. The first kappa shape index (κ1) is 23.9.